The number of hydrogen-bond acceptors (Lipinski definition) is 5. The molecule has 1 aliphatic heterocycles. The third-order valence-electron chi connectivity index (χ3n) is 6.43. The number of hydrogen-bond donors (Lipinski definition) is 2. The first kappa shape index (κ1) is 23.8. The van der Waals surface area contributed by atoms with Crippen molar-refractivity contribution in [1.29, 1.82) is 0 Å². The summed E-state index contributed by atoms with van der Waals surface area (Å²) in [6, 6.07) is 15.4. The Kier molecular flexibility index (Phi) is 7.47. The fourth-order valence-electron chi connectivity index (χ4n) is 4.67. The van der Waals surface area contributed by atoms with Gasteiger partial charge in [0.2, 0.25) is 5.91 Å². The molecule has 34 heavy (non-hydrogen) atoms. The normalized spacial score (nSPS) is 18.0. The average Bonchev–Trinajstić information content (AvgIpc) is 3.18. The predicted octanol–water partition coefficient (Wildman–Crippen LogP) is 3.40. The highest BCUT2D eigenvalue weighted by molar-refractivity contribution is 5.86. The van der Waals surface area contributed by atoms with Crippen molar-refractivity contribution in [2.45, 2.75) is 44.2 Å². The summed E-state index contributed by atoms with van der Waals surface area (Å²) in [5.74, 6) is -1.48. The van der Waals surface area contributed by atoms with Crippen molar-refractivity contribution < 1.29 is 29.0 Å². The number of carboxylic acid groups (broad SMARTS) is 1. The SMILES string of the molecule is CCCCC(NC(=O)OCC1c2ccccc2-c2ccccc21)C(=O)N1CCOC(C(=O)O)C1. The first-order valence-electron chi connectivity index (χ1n) is 11.7. The summed E-state index contributed by atoms with van der Waals surface area (Å²) in [6.45, 7) is 2.56. The zero-order valence-corrected chi connectivity index (χ0v) is 19.2. The average molecular weight is 467 g/mol. The smallest absolute Gasteiger partial charge is 0.407 e. The van der Waals surface area contributed by atoms with Gasteiger partial charge >= 0.3 is 12.1 Å². The molecule has 0 radical (unpaired) electrons. The molecule has 2 unspecified atom stereocenters. The minimum absolute atomic E-state index is 0.0385. The molecule has 0 bridgehead atoms. The minimum atomic E-state index is -1.10. The van der Waals surface area contributed by atoms with E-state index in [-0.39, 0.29) is 38.1 Å². The number of benzene rings is 2. The summed E-state index contributed by atoms with van der Waals surface area (Å²) >= 11 is 0. The molecule has 2 atom stereocenters. The number of alkyl carbamates (subject to hydrolysis) is 1. The molecule has 2 aliphatic rings. The van der Waals surface area contributed by atoms with Crippen LogP contribution < -0.4 is 5.32 Å². The molecule has 180 valence electrons. The number of morpholine rings is 1. The van der Waals surface area contributed by atoms with E-state index in [4.69, 9.17) is 9.47 Å². The lowest BCUT2D eigenvalue weighted by Crippen LogP contribution is -2.55. The van der Waals surface area contributed by atoms with Crippen LogP contribution in [0.15, 0.2) is 48.5 Å². The second-order valence-corrected chi connectivity index (χ2v) is 8.65. The van der Waals surface area contributed by atoms with Gasteiger partial charge < -0.3 is 24.8 Å². The molecule has 8 nitrogen and oxygen atoms in total. The summed E-state index contributed by atoms with van der Waals surface area (Å²) in [5, 5.41) is 11.9. The molecule has 0 spiro atoms. The van der Waals surface area contributed by atoms with Crippen LogP contribution in [0.1, 0.15) is 43.2 Å². The first-order chi connectivity index (χ1) is 16.5. The van der Waals surface area contributed by atoms with Crippen LogP contribution in [0.4, 0.5) is 4.79 Å². The van der Waals surface area contributed by atoms with Gasteiger partial charge in [-0.15, -0.1) is 0 Å². The Labute approximate surface area is 198 Å². The number of nitrogens with zero attached hydrogens (tertiary/aromatic N) is 1. The van der Waals surface area contributed by atoms with Crippen molar-refractivity contribution in [2.75, 3.05) is 26.3 Å². The molecule has 2 aromatic rings. The highest BCUT2D eigenvalue weighted by Gasteiger charge is 2.34. The molecule has 1 saturated heterocycles. The maximum atomic E-state index is 13.1. The van der Waals surface area contributed by atoms with Crippen molar-refractivity contribution in [3.8, 4) is 11.1 Å². The molecular formula is C26H30N2O6. The summed E-state index contributed by atoms with van der Waals surface area (Å²) in [6.07, 6.45) is 0.344. The fraction of sp³-hybridized carbons (Fsp3) is 0.423. The van der Waals surface area contributed by atoms with Crippen LogP contribution in [0.25, 0.3) is 11.1 Å². The number of carbonyl (C=O) groups excluding carboxylic acids is 2. The lowest BCUT2D eigenvalue weighted by atomic mass is 9.98. The minimum Gasteiger partial charge on any atom is -0.479 e. The van der Waals surface area contributed by atoms with E-state index < -0.39 is 24.2 Å². The Balaban J connectivity index is 1.41. The summed E-state index contributed by atoms with van der Waals surface area (Å²) < 4.78 is 10.8. The second kappa shape index (κ2) is 10.7. The van der Waals surface area contributed by atoms with Gasteiger partial charge in [-0.2, -0.15) is 0 Å². The van der Waals surface area contributed by atoms with Gasteiger partial charge in [-0.1, -0.05) is 68.3 Å². The zero-order valence-electron chi connectivity index (χ0n) is 19.2. The van der Waals surface area contributed by atoms with Crippen LogP contribution in [0.3, 0.4) is 0 Å². The van der Waals surface area contributed by atoms with Crippen molar-refractivity contribution >= 4 is 18.0 Å². The number of rotatable bonds is 8. The van der Waals surface area contributed by atoms with E-state index in [1.807, 2.05) is 43.3 Å². The summed E-state index contributed by atoms with van der Waals surface area (Å²) in [5.41, 5.74) is 4.51. The van der Waals surface area contributed by atoms with Crippen LogP contribution >= 0.6 is 0 Å². The lowest BCUT2D eigenvalue weighted by Gasteiger charge is -2.33. The van der Waals surface area contributed by atoms with E-state index in [9.17, 15) is 19.5 Å². The Hall–Kier alpha value is -3.39. The second-order valence-electron chi connectivity index (χ2n) is 8.65. The molecule has 0 saturated carbocycles. The third kappa shape index (κ3) is 5.07. The number of nitrogens with one attached hydrogen (secondary N) is 1. The molecule has 2 amide bonds. The van der Waals surface area contributed by atoms with Gasteiger partial charge in [0.25, 0.3) is 0 Å². The quantitative estimate of drug-likeness (QED) is 0.618. The molecule has 8 heteroatoms. The summed E-state index contributed by atoms with van der Waals surface area (Å²) in [7, 11) is 0. The Morgan fingerprint density at radius 3 is 2.38 bits per heavy atom. The van der Waals surface area contributed by atoms with E-state index in [0.717, 1.165) is 35.1 Å². The highest BCUT2D eigenvalue weighted by atomic mass is 16.5. The molecule has 2 N–H and O–H groups in total. The van der Waals surface area contributed by atoms with Gasteiger partial charge in [-0.05, 0) is 28.7 Å². The number of aliphatic carboxylic acids is 1. The molecule has 1 fully saturated rings. The largest absolute Gasteiger partial charge is 0.479 e. The summed E-state index contributed by atoms with van der Waals surface area (Å²) in [4.78, 5) is 38.6. The van der Waals surface area contributed by atoms with Gasteiger partial charge in [0, 0.05) is 12.5 Å². The molecule has 0 aromatic heterocycles. The van der Waals surface area contributed by atoms with Crippen LogP contribution in [-0.2, 0) is 19.1 Å². The number of ether oxygens (including phenoxy) is 2. The van der Waals surface area contributed by atoms with Crippen LogP contribution in [0.5, 0.6) is 0 Å². The highest BCUT2D eigenvalue weighted by Crippen LogP contribution is 2.44. The Morgan fingerprint density at radius 2 is 1.76 bits per heavy atom. The van der Waals surface area contributed by atoms with Gasteiger partial charge in [0.05, 0.1) is 13.2 Å². The monoisotopic (exact) mass is 466 g/mol. The van der Waals surface area contributed by atoms with Crippen molar-refractivity contribution in [3.05, 3.63) is 59.7 Å². The van der Waals surface area contributed by atoms with Gasteiger partial charge in [-0.3, -0.25) is 4.79 Å². The molecular weight excluding hydrogens is 436 g/mol. The zero-order chi connectivity index (χ0) is 24.1. The van der Waals surface area contributed by atoms with Gasteiger partial charge in [0.1, 0.15) is 12.6 Å². The fourth-order valence-corrected chi connectivity index (χ4v) is 4.67. The molecule has 4 rings (SSSR count). The van der Waals surface area contributed by atoms with Crippen LogP contribution in [-0.4, -0.2) is 66.4 Å². The number of fused-ring (bicyclic) bond motifs is 3. The molecule has 1 heterocycles. The van der Waals surface area contributed by atoms with Crippen molar-refractivity contribution in [2.24, 2.45) is 0 Å². The maximum absolute atomic E-state index is 13.1. The van der Waals surface area contributed by atoms with Gasteiger partial charge in [-0.25, -0.2) is 9.59 Å². The number of carbonyl (C=O) groups is 3. The van der Waals surface area contributed by atoms with Crippen LogP contribution in [0.2, 0.25) is 0 Å². The molecule has 1 aliphatic carbocycles. The van der Waals surface area contributed by atoms with Crippen LogP contribution in [0, 0.1) is 0 Å². The topological polar surface area (TPSA) is 105 Å². The van der Waals surface area contributed by atoms with E-state index in [1.165, 1.54) is 4.90 Å². The first-order valence-corrected chi connectivity index (χ1v) is 11.7. The number of carboxylic acids is 1. The van der Waals surface area contributed by atoms with E-state index in [0.29, 0.717) is 6.42 Å². The standard InChI is InChI=1S/C26H30N2O6/c1-2-3-12-22(24(29)28-13-14-33-23(15-28)25(30)31)27-26(32)34-16-21-19-10-6-4-8-17(19)18-9-5-7-11-20(18)21/h4-11,21-23H,2-3,12-16H2,1H3,(H,27,32)(H,30,31). The van der Waals surface area contributed by atoms with Crippen molar-refractivity contribution in [1.82, 2.24) is 10.2 Å². The van der Waals surface area contributed by atoms with Crippen molar-refractivity contribution in [3.63, 3.8) is 0 Å². The van der Waals surface area contributed by atoms with E-state index >= 15 is 0 Å². The third-order valence-corrected chi connectivity index (χ3v) is 6.43. The number of unbranched alkanes of at least 4 members (excludes halogenated alkanes) is 1. The number of amides is 2. The predicted molar refractivity (Wildman–Crippen MR) is 125 cm³/mol. The lowest BCUT2D eigenvalue weighted by molar-refractivity contribution is -0.160. The Morgan fingerprint density at radius 1 is 1.12 bits per heavy atom. The van der Waals surface area contributed by atoms with E-state index in [2.05, 4.69) is 17.4 Å². The van der Waals surface area contributed by atoms with E-state index in [1.54, 1.807) is 0 Å². The van der Waals surface area contributed by atoms with Gasteiger partial charge in [0.15, 0.2) is 6.10 Å². The maximum Gasteiger partial charge on any atom is 0.407 e. The Bertz CT molecular complexity index is 1010. The molecule has 2 aromatic carbocycles.